The molecule has 22 nitrogen and oxygen atoms in total. The summed E-state index contributed by atoms with van der Waals surface area (Å²) in [7, 11) is 3.36. The average Bonchev–Trinajstić information content (AvgIpc) is 3.21. The predicted molar refractivity (Wildman–Crippen MR) is 279 cm³/mol. The lowest BCUT2D eigenvalue weighted by Gasteiger charge is -2.24. The molecule has 63 heavy (non-hydrogen) atoms. The zero-order valence-electron chi connectivity index (χ0n) is 33.4. The molecule has 2 rings (SSSR count). The summed E-state index contributed by atoms with van der Waals surface area (Å²) < 4.78 is 3.30. The number of carbonyl (C=O) groups excluding carboxylic acids is 4. The lowest BCUT2D eigenvalue weighted by atomic mass is 10.1. The Morgan fingerprint density at radius 2 is 0.762 bits per heavy atom. The zero-order chi connectivity index (χ0) is 48.7. The number of hydrogen-bond donors (Lipinski definition) is 14. The van der Waals surface area contributed by atoms with E-state index in [1.807, 2.05) is 136 Å². The van der Waals surface area contributed by atoms with E-state index in [2.05, 4.69) is 21.3 Å². The third-order valence-corrected chi connectivity index (χ3v) is 14.3. The molecule has 2 atom stereocenters. The Morgan fingerprint density at radius 1 is 0.492 bits per heavy atom. The maximum absolute atomic E-state index is 13.1. The lowest BCUT2D eigenvalue weighted by Crippen LogP contribution is -2.38. The van der Waals surface area contributed by atoms with Gasteiger partial charge in [-0.3, -0.25) is 28.8 Å². The lowest BCUT2D eigenvalue weighted by molar-refractivity contribution is -0.147. The number of nitrogens with zero attached hydrogens (tertiary/aromatic N) is 2. The van der Waals surface area contributed by atoms with Gasteiger partial charge in [0, 0.05) is 60.5 Å². The van der Waals surface area contributed by atoms with Gasteiger partial charge in [-0.25, -0.2) is 0 Å². The molecular formula is C35H48I6N6O16. The van der Waals surface area contributed by atoms with Crippen LogP contribution in [-0.4, -0.2) is 202 Å². The van der Waals surface area contributed by atoms with E-state index in [1.165, 1.54) is 9.80 Å². The first-order valence-corrected chi connectivity index (χ1v) is 24.5. The summed E-state index contributed by atoms with van der Waals surface area (Å²) in [5.41, 5.74) is 2.33. The van der Waals surface area contributed by atoms with Gasteiger partial charge in [0.1, 0.15) is 6.42 Å². The SMILES string of the molecule is CNc1c(I)c(C(=O)NCC(O)CO)c(I)c(C(=O)N(CCO)CCO)c1I.CNc1c(I)c(C(=O)NCC(O)CO)c(I)c(C(=O)N(CCO)CCO)c1I.O=C(O)CC(=O)O. The fraction of sp³-hybridized carbons (Fsp3) is 0.486. The van der Waals surface area contributed by atoms with E-state index in [1.54, 1.807) is 14.1 Å². The quantitative estimate of drug-likeness (QED) is 0.0529. The van der Waals surface area contributed by atoms with E-state index in [-0.39, 0.29) is 76.8 Å². The molecule has 0 aromatic heterocycles. The number of anilines is 2. The molecule has 0 aliphatic carbocycles. The first kappa shape index (κ1) is 61.9. The van der Waals surface area contributed by atoms with Crippen LogP contribution in [0.15, 0.2) is 0 Å². The molecule has 0 saturated carbocycles. The molecule has 14 N–H and O–H groups in total. The molecule has 0 aliphatic heterocycles. The van der Waals surface area contributed by atoms with Gasteiger partial charge < -0.3 is 82.1 Å². The maximum Gasteiger partial charge on any atom is 0.314 e. The molecule has 0 radical (unpaired) electrons. The topological polar surface area (TPSA) is 359 Å². The monoisotopic (exact) mass is 1570 g/mol. The van der Waals surface area contributed by atoms with Crippen LogP contribution >= 0.6 is 136 Å². The number of benzene rings is 2. The fourth-order valence-corrected chi connectivity index (χ4v) is 14.1. The number of carboxylic acids is 2. The predicted octanol–water partition coefficient (Wildman–Crippen LogP) is -0.350. The number of amides is 4. The van der Waals surface area contributed by atoms with Crippen LogP contribution in [0.1, 0.15) is 47.9 Å². The summed E-state index contributed by atoms with van der Waals surface area (Å²) in [6.07, 6.45) is -2.98. The van der Waals surface area contributed by atoms with Crippen LogP contribution in [0.3, 0.4) is 0 Å². The number of aliphatic hydroxyl groups excluding tert-OH is 8. The van der Waals surface area contributed by atoms with Crippen molar-refractivity contribution < 1.29 is 79.8 Å². The van der Waals surface area contributed by atoms with E-state index >= 15 is 0 Å². The maximum atomic E-state index is 13.1. The molecule has 2 unspecified atom stereocenters. The van der Waals surface area contributed by atoms with E-state index < -0.39 is 67.4 Å². The standard InChI is InChI=1S/2C16H22I3N3O6.C3H4O4/c2*1-20-14-12(18)9(15(27)21-6-8(26)7-25)11(17)10(13(14)19)16(28)22(2-4-23)3-5-24;4-2(5)1-3(6)7/h2*8,20,23-26H,2-7H2,1H3,(H,21,27);1H2,(H,4,5)(H,6,7). The summed E-state index contributed by atoms with van der Waals surface area (Å²) >= 11 is 11.9. The van der Waals surface area contributed by atoms with Gasteiger partial charge >= 0.3 is 11.9 Å². The second-order valence-electron chi connectivity index (χ2n) is 12.2. The number of rotatable bonds is 22. The number of carboxylic acid groups (broad SMARTS) is 2. The molecule has 0 heterocycles. The van der Waals surface area contributed by atoms with Crippen LogP contribution in [0.25, 0.3) is 0 Å². The Morgan fingerprint density at radius 3 is 0.968 bits per heavy atom. The summed E-state index contributed by atoms with van der Waals surface area (Å²) in [6, 6.07) is 0. The van der Waals surface area contributed by atoms with E-state index in [9.17, 15) is 59.4 Å². The molecule has 28 heteroatoms. The number of hydrogen-bond acceptors (Lipinski definition) is 16. The third-order valence-electron chi connectivity index (χ3n) is 7.79. The van der Waals surface area contributed by atoms with Gasteiger partial charge in [-0.1, -0.05) is 0 Å². The van der Waals surface area contributed by atoms with Gasteiger partial charge in [-0.05, 0) is 136 Å². The first-order chi connectivity index (χ1) is 29.6. The third kappa shape index (κ3) is 19.2. The molecule has 2 aromatic carbocycles. The van der Waals surface area contributed by atoms with Crippen molar-refractivity contribution in [2.24, 2.45) is 0 Å². The van der Waals surface area contributed by atoms with Crippen LogP contribution in [0.2, 0.25) is 0 Å². The highest BCUT2D eigenvalue weighted by Crippen LogP contribution is 2.37. The number of carbonyl (C=O) groups is 6. The molecule has 0 aliphatic rings. The Balaban J connectivity index is 0.00000106. The van der Waals surface area contributed by atoms with E-state index in [0.717, 1.165) is 0 Å². The Labute approximate surface area is 443 Å². The highest BCUT2D eigenvalue weighted by Gasteiger charge is 2.31. The van der Waals surface area contributed by atoms with Gasteiger partial charge in [0.05, 0.1) is 99.8 Å². The molecule has 0 saturated heterocycles. The summed E-state index contributed by atoms with van der Waals surface area (Å²) in [4.78, 5) is 73.2. The largest absolute Gasteiger partial charge is 0.481 e. The van der Waals surface area contributed by atoms with E-state index in [0.29, 0.717) is 43.9 Å². The number of halogens is 6. The average molecular weight is 1570 g/mol. The molecular weight excluding hydrogens is 1520 g/mol. The first-order valence-electron chi connectivity index (χ1n) is 18.0. The van der Waals surface area contributed by atoms with E-state index in [4.69, 9.17) is 20.4 Å². The minimum atomic E-state index is -1.31. The van der Waals surface area contributed by atoms with Crippen molar-refractivity contribution >= 4 is 182 Å². The molecule has 0 spiro atoms. The Kier molecular flexibility index (Phi) is 32.0. The smallest absolute Gasteiger partial charge is 0.314 e. The highest BCUT2D eigenvalue weighted by atomic mass is 127. The molecule has 4 amide bonds. The van der Waals surface area contributed by atoms with Gasteiger partial charge in [-0.2, -0.15) is 0 Å². The molecule has 356 valence electrons. The molecule has 2 aromatic rings. The van der Waals surface area contributed by atoms with Crippen LogP contribution in [0.4, 0.5) is 11.4 Å². The van der Waals surface area contributed by atoms with Crippen molar-refractivity contribution in [1.82, 2.24) is 20.4 Å². The Bertz CT molecular complexity index is 1760. The second kappa shape index (κ2) is 32.6. The summed E-state index contributed by atoms with van der Waals surface area (Å²) in [5.74, 6) is -4.42. The van der Waals surface area contributed by atoms with Crippen molar-refractivity contribution in [3.8, 4) is 0 Å². The molecule has 0 bridgehead atoms. The number of aliphatic hydroxyl groups is 8. The fourth-order valence-electron chi connectivity index (χ4n) is 4.83. The van der Waals surface area contributed by atoms with Crippen LogP contribution in [0, 0.1) is 21.4 Å². The summed E-state index contributed by atoms with van der Waals surface area (Å²) in [5, 5.41) is 100. The van der Waals surface area contributed by atoms with Crippen molar-refractivity contribution in [3.05, 3.63) is 43.7 Å². The second-order valence-corrected chi connectivity index (χ2v) is 18.6. The van der Waals surface area contributed by atoms with Gasteiger partial charge in [0.25, 0.3) is 23.6 Å². The van der Waals surface area contributed by atoms with Crippen molar-refractivity contribution in [2.45, 2.75) is 18.6 Å². The number of aliphatic carboxylic acids is 2. The van der Waals surface area contributed by atoms with Gasteiger partial charge in [-0.15, -0.1) is 0 Å². The minimum absolute atomic E-state index is 0.0522. The van der Waals surface area contributed by atoms with Crippen LogP contribution < -0.4 is 21.3 Å². The normalized spacial score (nSPS) is 11.4. The summed E-state index contributed by atoms with van der Waals surface area (Å²) in [6.45, 7) is -2.04. The minimum Gasteiger partial charge on any atom is -0.481 e. The van der Waals surface area contributed by atoms with Crippen molar-refractivity contribution in [3.63, 3.8) is 0 Å². The van der Waals surface area contributed by atoms with Crippen LogP contribution in [0.5, 0.6) is 0 Å². The van der Waals surface area contributed by atoms with Gasteiger partial charge in [0.2, 0.25) is 0 Å². The zero-order valence-corrected chi connectivity index (χ0v) is 46.4. The van der Waals surface area contributed by atoms with Crippen molar-refractivity contribution in [1.29, 1.82) is 0 Å². The number of nitrogens with one attached hydrogen (secondary N) is 4. The van der Waals surface area contributed by atoms with Gasteiger partial charge in [0.15, 0.2) is 0 Å². The Hall–Kier alpha value is -1.08. The van der Waals surface area contributed by atoms with Crippen molar-refractivity contribution in [2.75, 3.05) is 104 Å². The molecule has 0 fully saturated rings. The van der Waals surface area contributed by atoms with Crippen LogP contribution in [-0.2, 0) is 9.59 Å². The highest BCUT2D eigenvalue weighted by molar-refractivity contribution is 14.1.